The van der Waals surface area contributed by atoms with Gasteiger partial charge in [-0.25, -0.2) is 4.98 Å². The molecule has 0 spiro atoms. The number of thiazole rings is 1. The molecule has 0 saturated carbocycles. The van der Waals surface area contributed by atoms with Crippen molar-refractivity contribution in [1.82, 2.24) is 10.3 Å². The van der Waals surface area contributed by atoms with E-state index in [0.29, 0.717) is 18.0 Å². The molecular weight excluding hydrogens is 300 g/mol. The number of nitrogens with one attached hydrogen (secondary N) is 1. The van der Waals surface area contributed by atoms with Gasteiger partial charge in [-0.2, -0.15) is 0 Å². The monoisotopic (exact) mass is 318 g/mol. The van der Waals surface area contributed by atoms with Gasteiger partial charge in [-0.15, -0.1) is 11.3 Å². The summed E-state index contributed by atoms with van der Waals surface area (Å²) in [5.74, 6) is 1.22. The molecular formula is C16H18N2O3S. The van der Waals surface area contributed by atoms with Gasteiger partial charge in [0.15, 0.2) is 0 Å². The van der Waals surface area contributed by atoms with Crippen molar-refractivity contribution in [2.75, 3.05) is 14.2 Å². The Morgan fingerprint density at radius 2 is 2.18 bits per heavy atom. The van der Waals surface area contributed by atoms with Crippen LogP contribution in [0.25, 0.3) is 6.08 Å². The van der Waals surface area contributed by atoms with Gasteiger partial charge in [-0.1, -0.05) is 0 Å². The molecule has 2 rings (SSSR count). The first-order chi connectivity index (χ1) is 10.6. The molecule has 0 atom stereocenters. The van der Waals surface area contributed by atoms with Crippen molar-refractivity contribution in [1.29, 1.82) is 0 Å². The minimum atomic E-state index is -0.170. The van der Waals surface area contributed by atoms with Crippen LogP contribution in [0.1, 0.15) is 15.4 Å². The number of amides is 1. The Morgan fingerprint density at radius 3 is 2.82 bits per heavy atom. The predicted molar refractivity (Wildman–Crippen MR) is 87.3 cm³/mol. The van der Waals surface area contributed by atoms with Gasteiger partial charge < -0.3 is 14.8 Å². The molecule has 116 valence electrons. The lowest BCUT2D eigenvalue weighted by Gasteiger charge is -2.07. The van der Waals surface area contributed by atoms with Crippen molar-refractivity contribution in [2.24, 2.45) is 0 Å². The lowest BCUT2D eigenvalue weighted by Crippen LogP contribution is -2.19. The molecule has 1 aromatic heterocycles. The highest BCUT2D eigenvalue weighted by molar-refractivity contribution is 7.11. The van der Waals surface area contributed by atoms with Crippen LogP contribution in [0.3, 0.4) is 0 Å². The van der Waals surface area contributed by atoms with Gasteiger partial charge >= 0.3 is 0 Å². The Kier molecular flexibility index (Phi) is 5.55. The first kappa shape index (κ1) is 16.0. The van der Waals surface area contributed by atoms with E-state index < -0.39 is 0 Å². The van der Waals surface area contributed by atoms with Crippen LogP contribution in [0.15, 0.2) is 30.5 Å². The zero-order valence-corrected chi connectivity index (χ0v) is 13.6. The number of carbonyl (C=O) groups excluding carboxylic acids is 1. The van der Waals surface area contributed by atoms with Gasteiger partial charge in [-0.3, -0.25) is 4.79 Å². The average Bonchev–Trinajstić information content (AvgIpc) is 2.96. The molecule has 0 unspecified atom stereocenters. The number of benzene rings is 1. The molecule has 0 aliphatic rings. The van der Waals surface area contributed by atoms with E-state index in [0.717, 1.165) is 15.4 Å². The highest BCUT2D eigenvalue weighted by Crippen LogP contribution is 2.25. The topological polar surface area (TPSA) is 60.5 Å². The number of hydrogen-bond donors (Lipinski definition) is 1. The van der Waals surface area contributed by atoms with E-state index >= 15 is 0 Å². The van der Waals surface area contributed by atoms with Crippen LogP contribution in [0.5, 0.6) is 11.5 Å². The molecule has 0 aliphatic carbocycles. The largest absolute Gasteiger partial charge is 0.497 e. The van der Waals surface area contributed by atoms with Gasteiger partial charge in [0.2, 0.25) is 5.91 Å². The molecule has 0 fully saturated rings. The van der Waals surface area contributed by atoms with Gasteiger partial charge in [-0.05, 0) is 31.2 Å². The molecule has 1 N–H and O–H groups in total. The lowest BCUT2D eigenvalue weighted by atomic mass is 10.1. The molecule has 2 aromatic rings. The fourth-order valence-electron chi connectivity index (χ4n) is 1.86. The number of aryl methyl sites for hydroxylation is 1. The van der Waals surface area contributed by atoms with Crippen LogP contribution in [-0.4, -0.2) is 25.1 Å². The number of carbonyl (C=O) groups is 1. The summed E-state index contributed by atoms with van der Waals surface area (Å²) in [5.41, 5.74) is 0.783. The summed E-state index contributed by atoms with van der Waals surface area (Å²) in [6.45, 7) is 2.41. The first-order valence-corrected chi connectivity index (χ1v) is 7.53. The Balaban J connectivity index is 1.99. The molecule has 0 radical (unpaired) electrons. The quantitative estimate of drug-likeness (QED) is 0.832. The predicted octanol–water partition coefficient (Wildman–Crippen LogP) is 2.80. The molecule has 5 nitrogen and oxygen atoms in total. The Hall–Kier alpha value is -2.34. The lowest BCUT2D eigenvalue weighted by molar-refractivity contribution is -0.116. The summed E-state index contributed by atoms with van der Waals surface area (Å²) in [7, 11) is 3.18. The van der Waals surface area contributed by atoms with E-state index in [1.54, 1.807) is 43.9 Å². The van der Waals surface area contributed by atoms with E-state index in [9.17, 15) is 4.79 Å². The van der Waals surface area contributed by atoms with Gasteiger partial charge in [0.25, 0.3) is 0 Å². The second-order valence-electron chi connectivity index (χ2n) is 4.50. The molecule has 0 saturated heterocycles. The van der Waals surface area contributed by atoms with Crippen molar-refractivity contribution in [3.05, 3.63) is 45.9 Å². The van der Waals surface area contributed by atoms with Crippen molar-refractivity contribution >= 4 is 23.3 Å². The molecule has 0 bridgehead atoms. The maximum atomic E-state index is 11.9. The highest BCUT2D eigenvalue weighted by Gasteiger charge is 2.04. The zero-order valence-electron chi connectivity index (χ0n) is 12.8. The van der Waals surface area contributed by atoms with E-state index in [4.69, 9.17) is 9.47 Å². The van der Waals surface area contributed by atoms with Crippen LogP contribution in [-0.2, 0) is 11.3 Å². The summed E-state index contributed by atoms with van der Waals surface area (Å²) in [6, 6.07) is 5.42. The fraction of sp³-hybridized carbons (Fsp3) is 0.250. The Morgan fingerprint density at radius 1 is 1.36 bits per heavy atom. The normalized spacial score (nSPS) is 10.7. The van der Waals surface area contributed by atoms with Gasteiger partial charge in [0.05, 0.1) is 25.8 Å². The maximum Gasteiger partial charge on any atom is 0.244 e. The van der Waals surface area contributed by atoms with Crippen molar-refractivity contribution in [3.8, 4) is 11.5 Å². The Bertz CT molecular complexity index is 680. The third kappa shape index (κ3) is 4.33. The van der Waals surface area contributed by atoms with Crippen LogP contribution >= 0.6 is 11.3 Å². The second-order valence-corrected chi connectivity index (χ2v) is 5.82. The summed E-state index contributed by atoms with van der Waals surface area (Å²) in [5, 5.41) is 3.81. The van der Waals surface area contributed by atoms with Crippen LogP contribution in [0, 0.1) is 6.92 Å². The molecule has 1 aromatic carbocycles. The van der Waals surface area contributed by atoms with Crippen molar-refractivity contribution in [2.45, 2.75) is 13.5 Å². The molecule has 22 heavy (non-hydrogen) atoms. The number of ether oxygens (including phenoxy) is 2. The SMILES string of the molecule is COc1ccc(OC)c(C=CC(=O)NCc2cnc(C)s2)c1. The molecule has 1 amide bonds. The zero-order chi connectivity index (χ0) is 15.9. The van der Waals surface area contributed by atoms with Gasteiger partial charge in [0, 0.05) is 22.7 Å². The van der Waals surface area contributed by atoms with Crippen LogP contribution in [0.2, 0.25) is 0 Å². The molecule has 6 heteroatoms. The van der Waals surface area contributed by atoms with Crippen LogP contribution < -0.4 is 14.8 Å². The van der Waals surface area contributed by atoms with E-state index in [2.05, 4.69) is 10.3 Å². The summed E-state index contributed by atoms with van der Waals surface area (Å²) < 4.78 is 10.4. The minimum Gasteiger partial charge on any atom is -0.497 e. The average molecular weight is 318 g/mol. The van der Waals surface area contributed by atoms with Crippen LogP contribution in [0.4, 0.5) is 0 Å². The number of rotatable bonds is 6. The third-order valence-electron chi connectivity index (χ3n) is 2.96. The molecule has 1 heterocycles. The van der Waals surface area contributed by atoms with E-state index in [-0.39, 0.29) is 5.91 Å². The smallest absolute Gasteiger partial charge is 0.244 e. The number of methoxy groups -OCH3 is 2. The highest BCUT2D eigenvalue weighted by atomic mass is 32.1. The van der Waals surface area contributed by atoms with E-state index in [1.807, 2.05) is 19.1 Å². The van der Waals surface area contributed by atoms with E-state index in [1.165, 1.54) is 6.08 Å². The molecule has 0 aliphatic heterocycles. The maximum absolute atomic E-state index is 11.9. The Labute approximate surface area is 133 Å². The van der Waals surface area contributed by atoms with Crippen molar-refractivity contribution in [3.63, 3.8) is 0 Å². The number of aromatic nitrogens is 1. The summed E-state index contributed by atoms with van der Waals surface area (Å²) >= 11 is 1.57. The first-order valence-electron chi connectivity index (χ1n) is 6.71. The second kappa shape index (κ2) is 7.61. The third-order valence-corrected chi connectivity index (χ3v) is 3.87. The summed E-state index contributed by atoms with van der Waals surface area (Å²) in [4.78, 5) is 17.0. The van der Waals surface area contributed by atoms with Crippen molar-refractivity contribution < 1.29 is 14.3 Å². The van der Waals surface area contributed by atoms with Gasteiger partial charge in [0.1, 0.15) is 11.5 Å². The summed E-state index contributed by atoms with van der Waals surface area (Å²) in [6.07, 6.45) is 4.95. The number of nitrogens with zero attached hydrogens (tertiary/aromatic N) is 1. The number of hydrogen-bond acceptors (Lipinski definition) is 5. The standard InChI is InChI=1S/C16H18N2O3S/c1-11-17-9-14(22-11)10-18-16(19)7-4-12-8-13(20-2)5-6-15(12)21-3/h4-9H,10H2,1-3H3,(H,18,19). The fourth-order valence-corrected chi connectivity index (χ4v) is 2.59. The minimum absolute atomic E-state index is 0.170.